The van der Waals surface area contributed by atoms with Crippen LogP contribution in [0.15, 0.2) is 16.6 Å². The fourth-order valence-corrected chi connectivity index (χ4v) is 2.96. The number of rotatable bonds is 3. The Bertz CT molecular complexity index is 400. The predicted molar refractivity (Wildman–Crippen MR) is 68.4 cm³/mol. The topological polar surface area (TPSA) is 12.0 Å². The number of benzene rings is 1. The highest BCUT2D eigenvalue weighted by Gasteiger charge is 2.44. The second kappa shape index (κ2) is 4.65. The molecule has 0 heterocycles. The van der Waals surface area contributed by atoms with Gasteiger partial charge >= 0.3 is 0 Å². The molecule has 1 nitrogen and oxygen atoms in total. The molecule has 1 aromatic rings. The number of alkyl halides is 2. The summed E-state index contributed by atoms with van der Waals surface area (Å²) < 4.78 is 26.4. The summed E-state index contributed by atoms with van der Waals surface area (Å²) in [5.41, 5.74) is 3.59. The largest absolute Gasteiger partial charge is 0.309 e. The van der Waals surface area contributed by atoms with Crippen molar-refractivity contribution < 1.29 is 8.78 Å². The van der Waals surface area contributed by atoms with Crippen LogP contribution in [0, 0.1) is 13.8 Å². The molecule has 2 rings (SSSR count). The van der Waals surface area contributed by atoms with Crippen LogP contribution in [-0.2, 0) is 6.54 Å². The average Bonchev–Trinajstić information content (AvgIpc) is 2.12. The lowest BCUT2D eigenvalue weighted by Crippen LogP contribution is -2.48. The smallest absolute Gasteiger partial charge is 0.251 e. The van der Waals surface area contributed by atoms with E-state index in [4.69, 9.17) is 0 Å². The summed E-state index contributed by atoms with van der Waals surface area (Å²) >= 11 is 3.45. The minimum atomic E-state index is -2.44. The van der Waals surface area contributed by atoms with E-state index in [0.717, 1.165) is 4.47 Å². The normalized spacial score (nSPS) is 19.1. The molecular weight excluding hydrogens is 288 g/mol. The minimum absolute atomic E-state index is 0.0262. The van der Waals surface area contributed by atoms with E-state index in [1.54, 1.807) is 0 Å². The molecule has 94 valence electrons. The van der Waals surface area contributed by atoms with Crippen molar-refractivity contribution in [3.8, 4) is 0 Å². The van der Waals surface area contributed by atoms with Crippen molar-refractivity contribution >= 4 is 15.9 Å². The van der Waals surface area contributed by atoms with E-state index < -0.39 is 5.92 Å². The van der Waals surface area contributed by atoms with Gasteiger partial charge < -0.3 is 5.32 Å². The first-order valence-corrected chi connectivity index (χ1v) is 6.53. The number of halogens is 3. The molecule has 0 aliphatic heterocycles. The molecule has 0 atom stereocenters. The van der Waals surface area contributed by atoms with Gasteiger partial charge in [-0.25, -0.2) is 8.78 Å². The van der Waals surface area contributed by atoms with Gasteiger partial charge in [0.1, 0.15) is 0 Å². The Balaban J connectivity index is 1.96. The Morgan fingerprint density at radius 2 is 1.82 bits per heavy atom. The monoisotopic (exact) mass is 303 g/mol. The quantitative estimate of drug-likeness (QED) is 0.891. The molecule has 4 heteroatoms. The maximum atomic E-state index is 12.7. The van der Waals surface area contributed by atoms with E-state index >= 15 is 0 Å². The van der Waals surface area contributed by atoms with Gasteiger partial charge in [0.05, 0.1) is 0 Å². The van der Waals surface area contributed by atoms with Crippen molar-refractivity contribution in [1.82, 2.24) is 5.32 Å². The van der Waals surface area contributed by atoms with Gasteiger partial charge in [0.2, 0.25) is 0 Å². The average molecular weight is 304 g/mol. The Morgan fingerprint density at radius 1 is 1.29 bits per heavy atom. The van der Waals surface area contributed by atoms with Crippen molar-refractivity contribution in [2.75, 3.05) is 0 Å². The molecule has 0 radical (unpaired) electrons. The van der Waals surface area contributed by atoms with Crippen molar-refractivity contribution in [3.63, 3.8) is 0 Å². The third-order valence-corrected chi connectivity index (χ3v) is 3.78. The van der Waals surface area contributed by atoms with Gasteiger partial charge in [-0.3, -0.25) is 0 Å². The SMILES string of the molecule is Cc1cc(Br)cc(C)c1CNC1CC(F)(F)C1. The van der Waals surface area contributed by atoms with Gasteiger partial charge in [0, 0.05) is 29.9 Å². The second-order valence-corrected chi connectivity index (χ2v) is 5.78. The molecule has 0 amide bonds. The Morgan fingerprint density at radius 3 is 2.29 bits per heavy atom. The lowest BCUT2D eigenvalue weighted by Gasteiger charge is -2.35. The maximum Gasteiger partial charge on any atom is 0.251 e. The van der Waals surface area contributed by atoms with Crippen LogP contribution in [0.4, 0.5) is 8.78 Å². The van der Waals surface area contributed by atoms with Gasteiger partial charge in [-0.2, -0.15) is 0 Å². The zero-order valence-corrected chi connectivity index (χ0v) is 11.6. The van der Waals surface area contributed by atoms with E-state index in [1.807, 2.05) is 13.8 Å². The van der Waals surface area contributed by atoms with E-state index in [9.17, 15) is 8.78 Å². The van der Waals surface area contributed by atoms with Crippen molar-refractivity contribution in [2.45, 2.75) is 45.2 Å². The van der Waals surface area contributed by atoms with Crippen molar-refractivity contribution in [1.29, 1.82) is 0 Å². The molecule has 0 saturated heterocycles. The third kappa shape index (κ3) is 3.05. The summed E-state index contributed by atoms with van der Waals surface area (Å²) in [7, 11) is 0. The van der Waals surface area contributed by atoms with E-state index in [0.29, 0.717) is 6.54 Å². The summed E-state index contributed by atoms with van der Waals surface area (Å²) in [6.07, 6.45) is -0.0523. The molecule has 1 N–H and O–H groups in total. The number of hydrogen-bond acceptors (Lipinski definition) is 1. The summed E-state index contributed by atoms with van der Waals surface area (Å²) in [6.45, 7) is 4.76. The highest BCUT2D eigenvalue weighted by Crippen LogP contribution is 2.37. The van der Waals surface area contributed by atoms with Crippen LogP contribution in [-0.4, -0.2) is 12.0 Å². The Hall–Kier alpha value is -0.480. The first-order valence-electron chi connectivity index (χ1n) is 5.74. The minimum Gasteiger partial charge on any atom is -0.309 e. The molecule has 0 spiro atoms. The molecule has 0 unspecified atom stereocenters. The van der Waals surface area contributed by atoms with E-state index in [1.165, 1.54) is 16.7 Å². The summed E-state index contributed by atoms with van der Waals surface area (Å²) in [6, 6.07) is 4.08. The van der Waals surface area contributed by atoms with Gasteiger partial charge in [0.15, 0.2) is 0 Å². The van der Waals surface area contributed by atoms with Crippen molar-refractivity contribution in [3.05, 3.63) is 33.3 Å². The maximum absolute atomic E-state index is 12.7. The fourth-order valence-electron chi connectivity index (χ4n) is 2.27. The van der Waals surface area contributed by atoms with Crippen LogP contribution in [0.3, 0.4) is 0 Å². The highest BCUT2D eigenvalue weighted by atomic mass is 79.9. The Kier molecular flexibility index (Phi) is 3.55. The zero-order valence-electron chi connectivity index (χ0n) is 9.99. The molecule has 1 aromatic carbocycles. The van der Waals surface area contributed by atoms with Gasteiger partial charge in [-0.1, -0.05) is 15.9 Å². The summed E-state index contributed by atoms with van der Waals surface area (Å²) in [5, 5.41) is 3.20. The standard InChI is InChI=1S/C13H16BrF2N/c1-8-3-10(14)4-9(2)12(8)7-17-11-5-13(15,16)6-11/h3-4,11,17H,5-7H2,1-2H3. The van der Waals surface area contributed by atoms with Gasteiger partial charge in [0.25, 0.3) is 5.92 Å². The number of aryl methyl sites for hydroxylation is 2. The Labute approximate surface area is 109 Å². The molecule has 1 saturated carbocycles. The lowest BCUT2D eigenvalue weighted by molar-refractivity contribution is -0.0930. The zero-order chi connectivity index (χ0) is 12.6. The molecule has 1 fully saturated rings. The number of hydrogen-bond donors (Lipinski definition) is 1. The van der Waals surface area contributed by atoms with E-state index in [2.05, 4.69) is 33.4 Å². The summed E-state index contributed by atoms with van der Waals surface area (Å²) in [4.78, 5) is 0. The van der Waals surface area contributed by atoms with Crippen LogP contribution in [0.2, 0.25) is 0 Å². The van der Waals surface area contributed by atoms with Crippen molar-refractivity contribution in [2.24, 2.45) is 0 Å². The third-order valence-electron chi connectivity index (χ3n) is 3.32. The van der Waals surface area contributed by atoms with Gasteiger partial charge in [-0.15, -0.1) is 0 Å². The van der Waals surface area contributed by atoms with Crippen LogP contribution >= 0.6 is 15.9 Å². The predicted octanol–water partition coefficient (Wildman–Crippen LogP) is 3.95. The first-order chi connectivity index (χ1) is 7.87. The van der Waals surface area contributed by atoms with E-state index in [-0.39, 0.29) is 18.9 Å². The molecule has 0 bridgehead atoms. The van der Waals surface area contributed by atoms with Crippen LogP contribution in [0.5, 0.6) is 0 Å². The van der Waals surface area contributed by atoms with Crippen LogP contribution < -0.4 is 5.32 Å². The second-order valence-electron chi connectivity index (χ2n) is 4.86. The summed E-state index contributed by atoms with van der Waals surface area (Å²) in [5.74, 6) is -2.44. The lowest BCUT2D eigenvalue weighted by atomic mass is 9.88. The number of nitrogens with one attached hydrogen (secondary N) is 1. The first kappa shape index (κ1) is 13.0. The van der Waals surface area contributed by atoms with Crippen LogP contribution in [0.25, 0.3) is 0 Å². The molecule has 1 aliphatic carbocycles. The molecule has 1 aliphatic rings. The van der Waals surface area contributed by atoms with Crippen LogP contribution in [0.1, 0.15) is 29.5 Å². The fraction of sp³-hybridized carbons (Fsp3) is 0.538. The highest BCUT2D eigenvalue weighted by molar-refractivity contribution is 9.10. The molecule has 17 heavy (non-hydrogen) atoms. The van der Waals surface area contributed by atoms with Gasteiger partial charge in [-0.05, 0) is 42.7 Å². The molecule has 0 aromatic heterocycles. The molecular formula is C13H16BrF2N.